The van der Waals surface area contributed by atoms with Gasteiger partial charge in [-0.15, -0.1) is 0 Å². The minimum Gasteiger partial charge on any atom is -0.484 e. The highest BCUT2D eigenvalue weighted by Crippen LogP contribution is 2.27. The summed E-state index contributed by atoms with van der Waals surface area (Å²) >= 11 is 15.7. The Kier molecular flexibility index (Phi) is 9.22. The second-order valence-electron chi connectivity index (χ2n) is 7.77. The van der Waals surface area contributed by atoms with Crippen LogP contribution >= 0.6 is 39.1 Å². The van der Waals surface area contributed by atoms with Crippen molar-refractivity contribution in [3.63, 3.8) is 0 Å². The molecule has 2 amide bonds. The highest BCUT2D eigenvalue weighted by Gasteiger charge is 2.27. The summed E-state index contributed by atoms with van der Waals surface area (Å²) in [6.45, 7) is 9.36. The van der Waals surface area contributed by atoms with Crippen LogP contribution in [0.1, 0.15) is 37.5 Å². The first-order valence-corrected chi connectivity index (χ1v) is 11.5. The topological polar surface area (TPSA) is 58.6 Å². The lowest BCUT2D eigenvalue weighted by Gasteiger charge is -2.29. The van der Waals surface area contributed by atoms with Gasteiger partial charge in [-0.05, 0) is 75.6 Å². The Morgan fingerprint density at radius 1 is 1.06 bits per heavy atom. The van der Waals surface area contributed by atoms with Crippen molar-refractivity contribution in [1.29, 1.82) is 0 Å². The molecule has 0 heterocycles. The molecule has 0 aliphatic heterocycles. The smallest absolute Gasteiger partial charge is 0.261 e. The molecule has 0 aromatic heterocycles. The normalized spacial score (nSPS) is 11.9. The lowest BCUT2D eigenvalue weighted by atomic mass is 10.1. The SMILES string of the molecule is Cc1cc(OCC(=O)N(Cc2ccc(Cl)c(Cl)c2)[C@@H](C)C(=O)NC(C)C)cc(C)c1Br. The summed E-state index contributed by atoms with van der Waals surface area (Å²) < 4.78 is 6.77. The summed E-state index contributed by atoms with van der Waals surface area (Å²) in [5, 5.41) is 3.67. The number of nitrogens with one attached hydrogen (secondary N) is 1. The third kappa shape index (κ3) is 7.13. The monoisotopic (exact) mass is 528 g/mol. The molecule has 0 spiro atoms. The van der Waals surface area contributed by atoms with Gasteiger partial charge in [0.1, 0.15) is 11.8 Å². The van der Waals surface area contributed by atoms with Gasteiger partial charge in [0.2, 0.25) is 5.91 Å². The van der Waals surface area contributed by atoms with Crippen LogP contribution < -0.4 is 10.1 Å². The Labute approximate surface area is 202 Å². The Morgan fingerprint density at radius 3 is 2.23 bits per heavy atom. The molecule has 1 atom stereocenters. The number of ether oxygens (including phenoxy) is 1. The molecule has 0 aliphatic rings. The third-order valence-electron chi connectivity index (χ3n) is 4.71. The molecular formula is C23H27BrCl2N2O3. The maximum Gasteiger partial charge on any atom is 0.261 e. The van der Waals surface area contributed by atoms with Gasteiger partial charge in [0.05, 0.1) is 10.0 Å². The Balaban J connectivity index is 2.22. The summed E-state index contributed by atoms with van der Waals surface area (Å²) in [5.41, 5.74) is 2.79. The largest absolute Gasteiger partial charge is 0.484 e. The van der Waals surface area contributed by atoms with Crippen molar-refractivity contribution < 1.29 is 14.3 Å². The molecule has 0 radical (unpaired) electrons. The second kappa shape index (κ2) is 11.2. The van der Waals surface area contributed by atoms with E-state index in [1.807, 2.05) is 39.8 Å². The predicted molar refractivity (Wildman–Crippen MR) is 129 cm³/mol. The van der Waals surface area contributed by atoms with Crippen LogP contribution in [-0.4, -0.2) is 35.4 Å². The summed E-state index contributed by atoms with van der Waals surface area (Å²) in [6, 6.07) is 8.14. The molecule has 0 saturated carbocycles. The van der Waals surface area contributed by atoms with Crippen LogP contribution in [0.25, 0.3) is 0 Å². The fourth-order valence-electron chi connectivity index (χ4n) is 3.04. The highest BCUT2D eigenvalue weighted by atomic mass is 79.9. The average molecular weight is 530 g/mol. The zero-order valence-corrected chi connectivity index (χ0v) is 21.4. The molecule has 168 valence electrons. The minimum absolute atomic E-state index is 0.0400. The lowest BCUT2D eigenvalue weighted by Crippen LogP contribution is -2.50. The number of benzene rings is 2. The number of carbonyl (C=O) groups excluding carboxylic acids is 2. The van der Waals surface area contributed by atoms with Gasteiger partial charge in [0.25, 0.3) is 5.91 Å². The van der Waals surface area contributed by atoms with Gasteiger partial charge in [-0.3, -0.25) is 9.59 Å². The molecule has 0 aliphatic carbocycles. The maximum absolute atomic E-state index is 13.1. The third-order valence-corrected chi connectivity index (χ3v) is 6.70. The predicted octanol–water partition coefficient (Wildman–Crippen LogP) is 5.69. The van der Waals surface area contributed by atoms with E-state index >= 15 is 0 Å². The molecule has 0 fully saturated rings. The Hall–Kier alpha value is -1.76. The van der Waals surface area contributed by atoms with E-state index in [0.29, 0.717) is 15.8 Å². The molecule has 0 unspecified atom stereocenters. The van der Waals surface area contributed by atoms with E-state index in [4.69, 9.17) is 27.9 Å². The molecule has 5 nitrogen and oxygen atoms in total. The van der Waals surface area contributed by atoms with Crippen molar-refractivity contribution in [3.8, 4) is 5.75 Å². The standard InChI is InChI=1S/C23H27BrCl2N2O3/c1-13(2)27-23(30)16(5)28(11-17-6-7-19(25)20(26)10-17)21(29)12-31-18-8-14(3)22(24)15(4)9-18/h6-10,13,16H,11-12H2,1-5H3,(H,27,30)/t16-/m0/s1. The van der Waals surface area contributed by atoms with Crippen molar-refractivity contribution >= 4 is 50.9 Å². The number of hydrogen-bond donors (Lipinski definition) is 1. The molecule has 8 heteroatoms. The fraction of sp³-hybridized carbons (Fsp3) is 0.391. The summed E-state index contributed by atoms with van der Waals surface area (Å²) in [6.07, 6.45) is 0. The van der Waals surface area contributed by atoms with Gasteiger partial charge >= 0.3 is 0 Å². The van der Waals surface area contributed by atoms with E-state index in [2.05, 4.69) is 21.2 Å². The van der Waals surface area contributed by atoms with Crippen molar-refractivity contribution in [1.82, 2.24) is 10.2 Å². The molecule has 31 heavy (non-hydrogen) atoms. The highest BCUT2D eigenvalue weighted by molar-refractivity contribution is 9.10. The van der Waals surface area contributed by atoms with Gasteiger partial charge in [-0.1, -0.05) is 45.2 Å². The second-order valence-corrected chi connectivity index (χ2v) is 9.38. The van der Waals surface area contributed by atoms with Gasteiger partial charge < -0.3 is 15.0 Å². The van der Waals surface area contributed by atoms with Crippen LogP contribution in [0.3, 0.4) is 0 Å². The molecular weight excluding hydrogens is 503 g/mol. The molecule has 1 N–H and O–H groups in total. The number of amides is 2. The van der Waals surface area contributed by atoms with Crippen LogP contribution in [-0.2, 0) is 16.1 Å². The zero-order valence-electron chi connectivity index (χ0n) is 18.3. The average Bonchev–Trinajstić information content (AvgIpc) is 2.69. The Morgan fingerprint density at radius 2 is 1.68 bits per heavy atom. The number of aryl methyl sites for hydroxylation is 2. The maximum atomic E-state index is 13.1. The minimum atomic E-state index is -0.693. The quantitative estimate of drug-likeness (QED) is 0.477. The Bertz CT molecular complexity index is 943. The van der Waals surface area contributed by atoms with Gasteiger partial charge in [-0.2, -0.15) is 0 Å². The number of halogens is 3. The summed E-state index contributed by atoms with van der Waals surface area (Å²) in [7, 11) is 0. The summed E-state index contributed by atoms with van der Waals surface area (Å²) in [5.74, 6) is 0.0507. The van der Waals surface area contributed by atoms with E-state index in [9.17, 15) is 9.59 Å². The molecule has 0 bridgehead atoms. The summed E-state index contributed by atoms with van der Waals surface area (Å²) in [4.78, 5) is 27.2. The first kappa shape index (κ1) is 25.5. The van der Waals surface area contributed by atoms with Crippen molar-refractivity contribution in [2.24, 2.45) is 0 Å². The van der Waals surface area contributed by atoms with Crippen LogP contribution in [0.15, 0.2) is 34.8 Å². The van der Waals surface area contributed by atoms with E-state index in [0.717, 1.165) is 21.2 Å². The van der Waals surface area contributed by atoms with Crippen LogP contribution in [0.4, 0.5) is 0 Å². The van der Waals surface area contributed by atoms with Crippen molar-refractivity contribution in [2.75, 3.05) is 6.61 Å². The first-order valence-electron chi connectivity index (χ1n) is 9.93. The van der Waals surface area contributed by atoms with E-state index in [1.165, 1.54) is 4.90 Å². The van der Waals surface area contributed by atoms with E-state index in [1.54, 1.807) is 25.1 Å². The molecule has 2 rings (SSSR count). The van der Waals surface area contributed by atoms with Gasteiger partial charge in [-0.25, -0.2) is 0 Å². The van der Waals surface area contributed by atoms with Gasteiger partial charge in [0.15, 0.2) is 6.61 Å². The number of hydrogen-bond acceptors (Lipinski definition) is 3. The van der Waals surface area contributed by atoms with Crippen LogP contribution in [0.2, 0.25) is 10.0 Å². The van der Waals surface area contributed by atoms with Crippen LogP contribution in [0.5, 0.6) is 5.75 Å². The van der Waals surface area contributed by atoms with E-state index in [-0.39, 0.29) is 31.0 Å². The van der Waals surface area contributed by atoms with Gasteiger partial charge in [0, 0.05) is 17.1 Å². The van der Waals surface area contributed by atoms with Crippen molar-refractivity contribution in [2.45, 2.75) is 53.2 Å². The van der Waals surface area contributed by atoms with Crippen LogP contribution in [0, 0.1) is 13.8 Å². The zero-order chi connectivity index (χ0) is 23.3. The van der Waals surface area contributed by atoms with E-state index < -0.39 is 6.04 Å². The number of nitrogens with zero attached hydrogens (tertiary/aromatic N) is 1. The first-order chi connectivity index (χ1) is 14.5. The lowest BCUT2D eigenvalue weighted by molar-refractivity contribution is -0.142. The molecule has 2 aromatic rings. The molecule has 0 saturated heterocycles. The number of rotatable bonds is 8. The number of carbonyl (C=O) groups is 2. The molecule has 2 aromatic carbocycles. The fourth-order valence-corrected chi connectivity index (χ4v) is 3.59. The van der Waals surface area contributed by atoms with Crippen molar-refractivity contribution in [3.05, 3.63) is 61.5 Å².